The Labute approximate surface area is 755 Å². The number of nitrogens with one attached hydrogen (secondary N) is 11. The lowest BCUT2D eigenvalue weighted by molar-refractivity contribution is -0.149. The topological polar surface area (TPSA) is 604 Å². The number of fused-ring (bicyclic) bond motifs is 4. The quantitative estimate of drug-likeness (QED) is 0.0313. The molecule has 8 rings (SSSR count). The number of nitrogens with zero attached hydrogens (tertiary/aromatic N) is 5. The zero-order chi connectivity index (χ0) is 94.6. The molecule has 0 bridgehead atoms. The maximum atomic E-state index is 15.6. The molecule has 3 aromatic carbocycles. The van der Waals surface area contributed by atoms with E-state index in [1.165, 1.54) is 68.6 Å². The summed E-state index contributed by atoms with van der Waals surface area (Å²) in [6.07, 6.45) is 0.989. The molecule has 2 aromatic heterocycles. The van der Waals surface area contributed by atoms with E-state index in [1.807, 2.05) is 32.0 Å². The van der Waals surface area contributed by atoms with Gasteiger partial charge in [0.15, 0.2) is 0 Å². The van der Waals surface area contributed by atoms with Crippen molar-refractivity contribution in [2.24, 2.45) is 28.9 Å². The molecule has 3 aliphatic rings. The van der Waals surface area contributed by atoms with Gasteiger partial charge in [-0.1, -0.05) is 102 Å². The molecule has 702 valence electrons. The van der Waals surface area contributed by atoms with Crippen molar-refractivity contribution < 1.29 is 96.5 Å². The molecule has 1 unspecified atom stereocenters. The first-order valence-corrected chi connectivity index (χ1v) is 45.3. The summed E-state index contributed by atoms with van der Waals surface area (Å²) in [5.41, 5.74) is 25.0. The maximum Gasteiger partial charge on any atom is 0.246 e. The van der Waals surface area contributed by atoms with Crippen LogP contribution in [0.25, 0.3) is 21.0 Å². The van der Waals surface area contributed by atoms with Crippen molar-refractivity contribution in [1.29, 1.82) is 0 Å². The fraction of sp³-hybridized carbons (Fsp3) is 0.540. The maximum absolute atomic E-state index is 15.6. The number of thiophene rings is 1. The first kappa shape index (κ1) is 102. The highest BCUT2D eigenvalue weighted by Gasteiger charge is 2.46. The fourth-order valence-corrected chi connectivity index (χ4v) is 17.7. The molecule has 21 N–H and O–H groups in total. The lowest BCUT2D eigenvalue weighted by Crippen LogP contribution is -2.62. The summed E-state index contributed by atoms with van der Waals surface area (Å²) in [6.45, 7) is 6.23. The predicted octanol–water partition coefficient (Wildman–Crippen LogP) is -2.17. The number of phenols is 1. The number of H-pyrrole nitrogens is 1. The first-order valence-electron chi connectivity index (χ1n) is 43.3. The average Bonchev–Trinajstić information content (AvgIpc) is 1.16. The van der Waals surface area contributed by atoms with Crippen LogP contribution < -0.4 is 76.1 Å². The van der Waals surface area contributed by atoms with Gasteiger partial charge in [0, 0.05) is 81.0 Å². The van der Waals surface area contributed by atoms with E-state index in [-0.39, 0.29) is 102 Å². The summed E-state index contributed by atoms with van der Waals surface area (Å²) in [4.78, 5) is 269. The summed E-state index contributed by atoms with van der Waals surface area (Å²) < 4.78 is 0.818. The molecule has 0 spiro atoms. The zero-order valence-corrected chi connectivity index (χ0v) is 75.5. The van der Waals surface area contributed by atoms with E-state index in [4.69, 9.17) is 22.9 Å². The second-order valence-electron chi connectivity index (χ2n) is 33.2. The van der Waals surface area contributed by atoms with Crippen LogP contribution in [0.5, 0.6) is 5.75 Å². The summed E-state index contributed by atoms with van der Waals surface area (Å²) >= 11 is 2.11. The normalized spacial score (nSPS) is 24.8. The van der Waals surface area contributed by atoms with Gasteiger partial charge in [0.1, 0.15) is 90.3 Å². The second kappa shape index (κ2) is 48.7. The number of hydrogen-bond acceptors (Lipinski definition) is 23. The van der Waals surface area contributed by atoms with E-state index < -0.39 is 228 Å². The highest BCUT2D eigenvalue weighted by Crippen LogP contribution is 2.30. The Bertz CT molecular complexity index is 4870. The number of aromatic hydroxyl groups is 1. The third-order valence-electron chi connectivity index (χ3n) is 23.1. The second-order valence-corrected chi connectivity index (χ2v) is 35.1. The van der Waals surface area contributed by atoms with Crippen molar-refractivity contribution in [2.75, 3.05) is 65.4 Å². The highest BCUT2D eigenvalue weighted by molar-refractivity contribution is 8.00. The van der Waals surface area contributed by atoms with Crippen LogP contribution >= 0.6 is 23.1 Å². The molecule has 18 amide bonds. The van der Waals surface area contributed by atoms with Crippen LogP contribution in [-0.4, -0.2) is 296 Å². The van der Waals surface area contributed by atoms with Gasteiger partial charge in [-0.3, -0.25) is 86.3 Å². The van der Waals surface area contributed by atoms with Crippen LogP contribution in [-0.2, 0) is 106 Å². The van der Waals surface area contributed by atoms with Crippen LogP contribution in [0.15, 0.2) is 84.4 Å². The van der Waals surface area contributed by atoms with Gasteiger partial charge >= 0.3 is 0 Å². The molecule has 42 heteroatoms. The molecule has 0 saturated carbocycles. The number of nitrogens with two attached hydrogens (primary N) is 4. The number of amides is 18. The van der Waals surface area contributed by atoms with E-state index >= 15 is 33.6 Å². The third kappa shape index (κ3) is 28.3. The number of primary amides is 3. The van der Waals surface area contributed by atoms with Crippen molar-refractivity contribution in [2.45, 2.75) is 228 Å². The van der Waals surface area contributed by atoms with E-state index in [9.17, 15) is 63.0 Å². The van der Waals surface area contributed by atoms with Gasteiger partial charge in [-0.25, -0.2) is 0 Å². The van der Waals surface area contributed by atoms with Crippen LogP contribution in [0.2, 0.25) is 0 Å². The summed E-state index contributed by atoms with van der Waals surface area (Å²) in [7, 11) is 3.91. The van der Waals surface area contributed by atoms with Crippen molar-refractivity contribution in [3.8, 4) is 5.75 Å². The molecule has 14 atom stereocenters. The smallest absolute Gasteiger partial charge is 0.246 e. The number of carbonyl (C=O) groups is 18. The Morgan fingerprint density at radius 3 is 1.64 bits per heavy atom. The molecule has 0 aliphatic carbocycles. The lowest BCUT2D eigenvalue weighted by Gasteiger charge is -2.36. The van der Waals surface area contributed by atoms with Gasteiger partial charge in [-0.2, -0.15) is 0 Å². The SMILES string of the molecule is CCCC[C@H]1C(=O)N(C)[C@@H](CCCC)C(=O)N[C@@H](CCN)C(=O)NC(C(=O)NCC(N)=O)CSCC(=O)N[C@@H](Cc2ccc(O)cc2)C(=O)N(C)[C@@H](C)C(=O)N[C@@H](CC(N)=O)C(=O)N2CCC[C@H]2C(=O)N[C@@H](CC(N)=O)C(=O)N[C@@H](CC(C)C)C(=O)N2CCC[C@H]2C(=O)N[C@@H](Cc2csc3ccccc23)C(=O)N[C@@H](CO)C(=O)N[C@@H](Cc2c[nH]c3ccccc23)C(=O)N1C. The minimum absolute atomic E-state index is 0.00835. The molecule has 0 radical (unpaired) electrons. The number of aromatic nitrogens is 1. The van der Waals surface area contributed by atoms with Crippen molar-refractivity contribution in [1.82, 2.24) is 82.7 Å². The first-order chi connectivity index (χ1) is 61.4. The molecule has 5 heterocycles. The summed E-state index contributed by atoms with van der Waals surface area (Å²) in [5, 5.41) is 50.5. The molecular formula is C87H122N20O20S2. The zero-order valence-electron chi connectivity index (χ0n) is 73.8. The Morgan fingerprint density at radius 1 is 0.519 bits per heavy atom. The largest absolute Gasteiger partial charge is 0.508 e. The standard InChI is InChI=1S/C87H122N20O20S2/c1-9-11-22-65-80(120)95-56(31-32-88)76(116)102-64(75(115)93-42-72(91)112)45-128-46-73(113)94-60(36-49-27-29-52(109)30-28-49)83(123)103(6)48(5)74(114)98-62(40-71(90)111)86(126)107-34-18-25-67(107)82(122)97-58(39-70(89)110)78(118)99-59(35-47(3)4)85(125)106-33-17-24-66(106)81(121)96-57(38-51-44-129-69-26-16-14-20-54(51)69)77(117)101-63(43-108)79(119)100-61(37-50-41-92-55-21-15-13-19-53(50)55)84(124)105(8)68(23-12-10-2)87(127)104(65)7/h13-16,19-21,26-30,41,44,47-48,56-68,92,108-109H,9-12,17-18,22-25,31-40,42-43,45-46,88H2,1-8H3,(H2,89,110)(H2,90,111)(H2,91,112)(H,93,115)(H,94,113)(H,95,120)(H,96,121)(H,97,122)(H,98,114)(H,99,118)(H,100,119)(H,101,117)(H,102,116)/t48-,56-,57-,58-,59-,60-,61-,62-,63-,64?,65-,66-,67-,68-/m0/s1. The predicted molar refractivity (Wildman–Crippen MR) is 478 cm³/mol. The number of phenolic OH excluding ortho intramolecular Hbond substituents is 1. The molecule has 40 nitrogen and oxygen atoms in total. The molecule has 5 aromatic rings. The number of para-hydroxylation sites is 1. The third-order valence-corrected chi connectivity index (χ3v) is 25.1. The van der Waals surface area contributed by atoms with Crippen LogP contribution in [0.4, 0.5) is 0 Å². The van der Waals surface area contributed by atoms with E-state index in [0.717, 1.165) is 36.1 Å². The van der Waals surface area contributed by atoms with Gasteiger partial charge in [-0.05, 0) is 122 Å². The number of hydrogen-bond donors (Lipinski definition) is 17. The van der Waals surface area contributed by atoms with Crippen molar-refractivity contribution in [3.63, 3.8) is 0 Å². The molecule has 3 fully saturated rings. The highest BCUT2D eigenvalue weighted by atomic mass is 32.2. The van der Waals surface area contributed by atoms with Crippen LogP contribution in [0, 0.1) is 5.92 Å². The average molecular weight is 1830 g/mol. The fourth-order valence-electron chi connectivity index (χ4n) is 15.9. The Kier molecular flexibility index (Phi) is 38.6. The number of aliphatic hydroxyl groups excluding tert-OH is 1. The van der Waals surface area contributed by atoms with Gasteiger partial charge in [0.2, 0.25) is 106 Å². The van der Waals surface area contributed by atoms with Crippen LogP contribution in [0.1, 0.15) is 141 Å². The number of aromatic amines is 1. The van der Waals surface area contributed by atoms with E-state index in [0.29, 0.717) is 58.7 Å². The minimum Gasteiger partial charge on any atom is -0.508 e. The Hall–Kier alpha value is -12.3. The lowest BCUT2D eigenvalue weighted by atomic mass is 10.00. The van der Waals surface area contributed by atoms with Gasteiger partial charge in [0.25, 0.3) is 0 Å². The minimum atomic E-state index is -1.84. The number of likely N-dealkylation sites (N-methyl/N-ethyl adjacent to an activating group) is 3. The van der Waals surface area contributed by atoms with Crippen LogP contribution in [0.3, 0.4) is 0 Å². The Balaban J connectivity index is 1.18. The summed E-state index contributed by atoms with van der Waals surface area (Å²) in [6, 6.07) is -1.72. The molecular weight excluding hydrogens is 1710 g/mol. The number of unbranched alkanes of at least 4 members (excludes halogenated alkanes) is 2. The Morgan fingerprint density at radius 2 is 1.03 bits per heavy atom. The van der Waals surface area contributed by atoms with E-state index in [1.54, 1.807) is 55.8 Å². The monoisotopic (exact) mass is 1830 g/mol. The summed E-state index contributed by atoms with van der Waals surface area (Å²) in [5.74, 6) is -18.5. The number of carbonyl (C=O) groups excluding carboxylic acids is 18. The van der Waals surface area contributed by atoms with Crippen molar-refractivity contribution in [3.05, 3.63) is 101 Å². The molecule has 129 heavy (non-hydrogen) atoms. The molecule has 3 saturated heterocycles. The number of aliphatic hydroxyl groups is 1. The van der Waals surface area contributed by atoms with Gasteiger partial charge < -0.3 is 116 Å². The van der Waals surface area contributed by atoms with E-state index in [2.05, 4.69) is 58.2 Å². The number of thioether (sulfide) groups is 1. The van der Waals surface area contributed by atoms with Gasteiger partial charge in [-0.15, -0.1) is 23.1 Å². The number of benzene rings is 3. The van der Waals surface area contributed by atoms with Gasteiger partial charge in [0.05, 0.1) is 31.7 Å². The number of rotatable bonds is 24. The van der Waals surface area contributed by atoms with Crippen molar-refractivity contribution >= 4 is 150 Å². The molecule has 3 aliphatic heterocycles.